The van der Waals surface area contributed by atoms with Crippen molar-refractivity contribution >= 4 is 35.2 Å². The fourth-order valence-electron chi connectivity index (χ4n) is 2.49. The molecular weight excluding hydrogens is 380 g/mol. The van der Waals surface area contributed by atoms with Crippen LogP contribution in [0.1, 0.15) is 36.7 Å². The van der Waals surface area contributed by atoms with Crippen molar-refractivity contribution in [2.24, 2.45) is 0 Å². The van der Waals surface area contributed by atoms with E-state index in [1.165, 1.54) is 0 Å². The van der Waals surface area contributed by atoms with Gasteiger partial charge in [0, 0.05) is 33.8 Å². The number of nitrogens with one attached hydrogen (secondary N) is 1. The molecule has 2 aromatic rings. The summed E-state index contributed by atoms with van der Waals surface area (Å²) in [5.74, 6) is 0.536. The zero-order valence-corrected chi connectivity index (χ0v) is 17.4. The van der Waals surface area contributed by atoms with Gasteiger partial charge in [0.2, 0.25) is 5.91 Å². The average Bonchev–Trinajstić information content (AvgIpc) is 2.65. The van der Waals surface area contributed by atoms with Crippen LogP contribution in [0.2, 0.25) is 5.02 Å². The second-order valence-corrected chi connectivity index (χ2v) is 7.97. The molecule has 0 atom stereocenters. The normalized spacial score (nSPS) is 10.7. The lowest BCUT2D eigenvalue weighted by atomic mass is 10.1. The summed E-state index contributed by atoms with van der Waals surface area (Å²) in [6.45, 7) is 6.23. The number of rotatable bonds is 8. The van der Waals surface area contributed by atoms with E-state index in [2.05, 4.69) is 5.32 Å². The number of hydrogen-bond donors (Lipinski definition) is 1. The van der Waals surface area contributed by atoms with Crippen LogP contribution in [0.4, 0.5) is 0 Å². The molecule has 0 aliphatic carbocycles. The summed E-state index contributed by atoms with van der Waals surface area (Å²) in [5.41, 5.74) is 1.72. The molecule has 0 radical (unpaired) electrons. The zero-order valence-electron chi connectivity index (χ0n) is 15.9. The van der Waals surface area contributed by atoms with Crippen molar-refractivity contribution in [2.75, 3.05) is 13.1 Å². The summed E-state index contributed by atoms with van der Waals surface area (Å²) in [4.78, 5) is 27.3. The minimum Gasteiger partial charge on any atom is -0.352 e. The second kappa shape index (κ2) is 10.4. The van der Waals surface area contributed by atoms with Gasteiger partial charge in [0.15, 0.2) is 0 Å². The van der Waals surface area contributed by atoms with Crippen molar-refractivity contribution in [3.63, 3.8) is 0 Å². The van der Waals surface area contributed by atoms with Gasteiger partial charge in [-0.1, -0.05) is 23.7 Å². The fraction of sp³-hybridized carbons (Fsp3) is 0.333. The molecule has 6 heteroatoms. The van der Waals surface area contributed by atoms with Crippen LogP contribution in [0.3, 0.4) is 0 Å². The summed E-state index contributed by atoms with van der Waals surface area (Å²) in [5, 5.41) is 3.54. The molecule has 0 fully saturated rings. The Morgan fingerprint density at radius 3 is 2.26 bits per heavy atom. The Kier molecular flexibility index (Phi) is 8.20. The molecule has 4 nitrogen and oxygen atoms in total. The molecule has 0 saturated heterocycles. The number of thioether (sulfide) groups is 1. The van der Waals surface area contributed by atoms with Crippen molar-refractivity contribution in [1.29, 1.82) is 0 Å². The molecule has 144 valence electrons. The molecule has 0 aromatic heterocycles. The van der Waals surface area contributed by atoms with Gasteiger partial charge in [0.1, 0.15) is 0 Å². The largest absolute Gasteiger partial charge is 0.352 e. The first kappa shape index (κ1) is 21.3. The van der Waals surface area contributed by atoms with Crippen LogP contribution >= 0.6 is 23.4 Å². The van der Waals surface area contributed by atoms with Crippen molar-refractivity contribution in [2.45, 2.75) is 37.5 Å². The Morgan fingerprint density at radius 1 is 1.07 bits per heavy atom. The van der Waals surface area contributed by atoms with Gasteiger partial charge in [-0.25, -0.2) is 0 Å². The van der Waals surface area contributed by atoms with Gasteiger partial charge in [-0.3, -0.25) is 9.59 Å². The topological polar surface area (TPSA) is 49.4 Å². The molecule has 0 unspecified atom stereocenters. The molecular formula is C21H25ClN2O2S. The van der Waals surface area contributed by atoms with E-state index in [0.29, 0.717) is 12.1 Å². The highest BCUT2D eigenvalue weighted by molar-refractivity contribution is 7.98. The molecule has 0 aliphatic rings. The van der Waals surface area contributed by atoms with Crippen molar-refractivity contribution < 1.29 is 9.59 Å². The summed E-state index contributed by atoms with van der Waals surface area (Å²) in [6, 6.07) is 15.4. The average molecular weight is 405 g/mol. The van der Waals surface area contributed by atoms with Gasteiger partial charge in [0.05, 0.1) is 6.54 Å². The van der Waals surface area contributed by atoms with Gasteiger partial charge in [-0.2, -0.15) is 0 Å². The van der Waals surface area contributed by atoms with Gasteiger partial charge in [0.25, 0.3) is 5.91 Å². The van der Waals surface area contributed by atoms with E-state index < -0.39 is 0 Å². The van der Waals surface area contributed by atoms with Gasteiger partial charge >= 0.3 is 0 Å². The first-order valence-corrected chi connectivity index (χ1v) is 10.3. The Bertz CT molecular complexity index is 761. The predicted molar refractivity (Wildman–Crippen MR) is 112 cm³/mol. The smallest absolute Gasteiger partial charge is 0.254 e. The Morgan fingerprint density at radius 2 is 1.70 bits per heavy atom. The maximum absolute atomic E-state index is 12.6. The number of carbonyl (C=O) groups excluding carboxylic acids is 2. The third-order valence-electron chi connectivity index (χ3n) is 3.87. The van der Waals surface area contributed by atoms with E-state index in [1.807, 2.05) is 69.3 Å². The molecule has 0 aliphatic heterocycles. The number of likely N-dealkylation sites (N-methyl/N-ethyl adjacent to an activating group) is 1. The monoisotopic (exact) mass is 404 g/mol. The van der Waals surface area contributed by atoms with Crippen LogP contribution in [0, 0.1) is 0 Å². The minimum absolute atomic E-state index is 0.0590. The van der Waals surface area contributed by atoms with Crippen LogP contribution in [-0.4, -0.2) is 35.8 Å². The van der Waals surface area contributed by atoms with E-state index in [1.54, 1.807) is 16.7 Å². The van der Waals surface area contributed by atoms with Crippen molar-refractivity contribution in [1.82, 2.24) is 10.2 Å². The molecule has 27 heavy (non-hydrogen) atoms. The maximum atomic E-state index is 12.6. The third-order valence-corrected chi connectivity index (χ3v) is 5.21. The van der Waals surface area contributed by atoms with E-state index in [9.17, 15) is 9.59 Å². The SMILES string of the molecule is CCN(CC(=O)NC(C)C)C(=O)c1ccc(CSc2ccc(Cl)cc2)cc1. The van der Waals surface area contributed by atoms with E-state index >= 15 is 0 Å². The Balaban J connectivity index is 1.94. The van der Waals surface area contributed by atoms with Gasteiger partial charge in [-0.15, -0.1) is 11.8 Å². The number of nitrogens with zero attached hydrogens (tertiary/aromatic N) is 1. The Labute approximate surface area is 170 Å². The molecule has 2 amide bonds. The highest BCUT2D eigenvalue weighted by atomic mass is 35.5. The Hall–Kier alpha value is -1.98. The minimum atomic E-state index is -0.142. The third kappa shape index (κ3) is 6.92. The zero-order chi connectivity index (χ0) is 19.8. The van der Waals surface area contributed by atoms with Crippen molar-refractivity contribution in [3.8, 4) is 0 Å². The van der Waals surface area contributed by atoms with E-state index in [-0.39, 0.29) is 24.4 Å². The van der Waals surface area contributed by atoms with Crippen LogP contribution < -0.4 is 5.32 Å². The van der Waals surface area contributed by atoms with Crippen LogP contribution in [0.25, 0.3) is 0 Å². The van der Waals surface area contributed by atoms with Crippen LogP contribution in [0.15, 0.2) is 53.4 Å². The van der Waals surface area contributed by atoms with Crippen molar-refractivity contribution in [3.05, 3.63) is 64.7 Å². The molecule has 2 aromatic carbocycles. The highest BCUT2D eigenvalue weighted by Gasteiger charge is 2.17. The molecule has 2 rings (SSSR count). The lowest BCUT2D eigenvalue weighted by Crippen LogP contribution is -2.42. The van der Waals surface area contributed by atoms with E-state index in [4.69, 9.17) is 11.6 Å². The lowest BCUT2D eigenvalue weighted by molar-refractivity contribution is -0.122. The van der Waals surface area contributed by atoms with Crippen LogP contribution in [-0.2, 0) is 10.5 Å². The quantitative estimate of drug-likeness (QED) is 0.653. The lowest BCUT2D eigenvalue weighted by Gasteiger charge is -2.21. The molecule has 0 saturated carbocycles. The molecule has 0 bridgehead atoms. The predicted octanol–water partition coefficient (Wildman–Crippen LogP) is 4.62. The molecule has 1 N–H and O–H groups in total. The molecule has 0 spiro atoms. The van der Waals surface area contributed by atoms with Gasteiger partial charge in [-0.05, 0) is 62.7 Å². The number of carbonyl (C=O) groups is 2. The van der Waals surface area contributed by atoms with Gasteiger partial charge < -0.3 is 10.2 Å². The maximum Gasteiger partial charge on any atom is 0.254 e. The highest BCUT2D eigenvalue weighted by Crippen LogP contribution is 2.24. The first-order valence-electron chi connectivity index (χ1n) is 8.95. The molecule has 0 heterocycles. The first-order chi connectivity index (χ1) is 12.9. The summed E-state index contributed by atoms with van der Waals surface area (Å²) < 4.78 is 0. The number of benzene rings is 2. The summed E-state index contributed by atoms with van der Waals surface area (Å²) in [7, 11) is 0. The number of amides is 2. The number of halogens is 1. The van der Waals surface area contributed by atoms with Crippen LogP contribution in [0.5, 0.6) is 0 Å². The summed E-state index contributed by atoms with van der Waals surface area (Å²) in [6.07, 6.45) is 0. The van der Waals surface area contributed by atoms with E-state index in [0.717, 1.165) is 21.2 Å². The summed E-state index contributed by atoms with van der Waals surface area (Å²) >= 11 is 7.61. The standard InChI is InChI=1S/C21H25ClN2O2S/c1-4-24(13-20(25)23-15(2)3)21(26)17-7-5-16(6-8-17)14-27-19-11-9-18(22)10-12-19/h5-12,15H,4,13-14H2,1-3H3,(H,23,25). The number of hydrogen-bond acceptors (Lipinski definition) is 3. The fourth-order valence-corrected chi connectivity index (χ4v) is 3.47. The second-order valence-electron chi connectivity index (χ2n) is 6.48.